The zero-order valence-corrected chi connectivity index (χ0v) is 19.3. The number of nitro groups is 1. The van der Waals surface area contributed by atoms with Crippen LogP contribution >= 0.6 is 23.4 Å². The third kappa shape index (κ3) is 6.47. The summed E-state index contributed by atoms with van der Waals surface area (Å²) in [7, 11) is 1.51. The highest BCUT2D eigenvalue weighted by Crippen LogP contribution is 2.29. The van der Waals surface area contributed by atoms with Crippen LogP contribution in [0.4, 0.5) is 17.1 Å². The number of ether oxygens (including phenoxy) is 1. The van der Waals surface area contributed by atoms with Crippen molar-refractivity contribution in [3.63, 3.8) is 0 Å². The largest absolute Gasteiger partial charge is 0.495 e. The van der Waals surface area contributed by atoms with Crippen LogP contribution in [-0.4, -0.2) is 29.1 Å². The van der Waals surface area contributed by atoms with Crippen LogP contribution in [0.1, 0.15) is 17.3 Å². The minimum absolute atomic E-state index is 0.0888. The van der Waals surface area contributed by atoms with Gasteiger partial charge in [-0.2, -0.15) is 0 Å². The molecule has 3 aromatic carbocycles. The van der Waals surface area contributed by atoms with E-state index in [9.17, 15) is 19.7 Å². The number of anilines is 2. The molecule has 1 atom stereocenters. The van der Waals surface area contributed by atoms with E-state index in [1.165, 1.54) is 43.1 Å². The molecular formula is C23H20ClN3O5S. The molecule has 3 rings (SSSR count). The number of amides is 2. The molecule has 0 aliphatic heterocycles. The number of rotatable bonds is 8. The SMILES string of the molecule is COc1ccc(NC(=O)C(C)Sc2cccc(NC(=O)c3ccc([N+](=O)[O-])cc3)c2)cc1Cl. The topological polar surface area (TPSA) is 111 Å². The van der Waals surface area contributed by atoms with Crippen molar-refractivity contribution in [1.82, 2.24) is 0 Å². The standard InChI is InChI=1S/C23H20ClN3O5S/c1-14(22(28)25-17-8-11-21(32-2)20(24)13-17)33-19-5-3-4-16(12-19)26-23(29)15-6-9-18(10-7-15)27(30)31/h3-14H,1-2H3,(H,25,28)(H,26,29). The molecule has 3 aromatic rings. The first-order valence-corrected chi connectivity index (χ1v) is 11.0. The molecule has 0 aliphatic carbocycles. The van der Waals surface area contributed by atoms with Crippen LogP contribution in [0.15, 0.2) is 71.6 Å². The Morgan fingerprint density at radius 3 is 2.36 bits per heavy atom. The molecule has 1 unspecified atom stereocenters. The molecule has 0 heterocycles. The quantitative estimate of drug-likeness (QED) is 0.243. The number of carbonyl (C=O) groups is 2. The lowest BCUT2D eigenvalue weighted by molar-refractivity contribution is -0.384. The second-order valence-corrected chi connectivity index (χ2v) is 8.71. The van der Waals surface area contributed by atoms with Crippen LogP contribution in [-0.2, 0) is 4.79 Å². The van der Waals surface area contributed by atoms with Crippen molar-refractivity contribution in [2.75, 3.05) is 17.7 Å². The number of benzene rings is 3. The molecule has 0 aromatic heterocycles. The lowest BCUT2D eigenvalue weighted by atomic mass is 10.2. The number of nitro benzene ring substituents is 1. The van der Waals surface area contributed by atoms with Crippen molar-refractivity contribution in [2.45, 2.75) is 17.1 Å². The van der Waals surface area contributed by atoms with Crippen molar-refractivity contribution in [2.24, 2.45) is 0 Å². The van der Waals surface area contributed by atoms with Gasteiger partial charge >= 0.3 is 0 Å². The zero-order valence-electron chi connectivity index (χ0n) is 17.7. The van der Waals surface area contributed by atoms with Gasteiger partial charge in [-0.1, -0.05) is 17.7 Å². The number of halogens is 1. The Morgan fingerprint density at radius 2 is 1.73 bits per heavy atom. The lowest BCUT2D eigenvalue weighted by Gasteiger charge is -2.14. The predicted octanol–water partition coefficient (Wildman–Crippen LogP) is 5.63. The molecule has 0 fully saturated rings. The van der Waals surface area contributed by atoms with E-state index in [2.05, 4.69) is 10.6 Å². The molecule has 10 heteroatoms. The first-order chi connectivity index (χ1) is 15.8. The molecule has 0 aliphatic rings. The van der Waals surface area contributed by atoms with Crippen molar-refractivity contribution >= 4 is 52.2 Å². The summed E-state index contributed by atoms with van der Waals surface area (Å²) in [5, 5.41) is 16.3. The maximum atomic E-state index is 12.6. The smallest absolute Gasteiger partial charge is 0.269 e. The molecule has 170 valence electrons. The van der Waals surface area contributed by atoms with Crippen molar-refractivity contribution in [3.8, 4) is 5.75 Å². The van der Waals surface area contributed by atoms with Crippen LogP contribution in [0.2, 0.25) is 5.02 Å². The van der Waals surface area contributed by atoms with Crippen molar-refractivity contribution in [3.05, 3.63) is 87.4 Å². The maximum Gasteiger partial charge on any atom is 0.269 e. The molecule has 0 saturated heterocycles. The Balaban J connectivity index is 1.61. The van der Waals surface area contributed by atoms with Gasteiger partial charge < -0.3 is 15.4 Å². The summed E-state index contributed by atoms with van der Waals surface area (Å²) in [6.07, 6.45) is 0. The van der Waals surface area contributed by atoms with Gasteiger partial charge in [0.25, 0.3) is 11.6 Å². The summed E-state index contributed by atoms with van der Waals surface area (Å²) in [4.78, 5) is 36.0. The van der Waals surface area contributed by atoms with Gasteiger partial charge in [0, 0.05) is 34.0 Å². The monoisotopic (exact) mass is 485 g/mol. The normalized spacial score (nSPS) is 11.4. The van der Waals surface area contributed by atoms with E-state index < -0.39 is 16.1 Å². The maximum absolute atomic E-state index is 12.6. The van der Waals surface area contributed by atoms with Crippen LogP contribution in [0.5, 0.6) is 5.75 Å². The highest BCUT2D eigenvalue weighted by Gasteiger charge is 2.16. The Morgan fingerprint density at radius 1 is 1.03 bits per heavy atom. The predicted molar refractivity (Wildman–Crippen MR) is 129 cm³/mol. The van der Waals surface area contributed by atoms with E-state index in [1.54, 1.807) is 43.3 Å². The Bertz CT molecular complexity index is 1190. The molecule has 0 bridgehead atoms. The Kier molecular flexibility index (Phi) is 7.92. The average molecular weight is 486 g/mol. The van der Waals surface area contributed by atoms with Gasteiger partial charge in [0.15, 0.2) is 0 Å². The van der Waals surface area contributed by atoms with Crippen LogP contribution in [0, 0.1) is 10.1 Å². The number of thioether (sulfide) groups is 1. The van der Waals surface area contributed by atoms with E-state index in [0.29, 0.717) is 27.7 Å². The van der Waals surface area contributed by atoms with E-state index in [0.717, 1.165) is 4.90 Å². The second kappa shape index (κ2) is 10.8. The minimum Gasteiger partial charge on any atom is -0.495 e. The molecule has 2 amide bonds. The third-order valence-corrected chi connectivity index (χ3v) is 5.92. The third-order valence-electron chi connectivity index (χ3n) is 4.53. The number of hydrogen-bond donors (Lipinski definition) is 2. The fraction of sp³-hybridized carbons (Fsp3) is 0.130. The first-order valence-electron chi connectivity index (χ1n) is 9.73. The van der Waals surface area contributed by atoms with Gasteiger partial charge in [0.1, 0.15) is 5.75 Å². The number of methoxy groups -OCH3 is 1. The van der Waals surface area contributed by atoms with Crippen LogP contribution in [0.3, 0.4) is 0 Å². The summed E-state index contributed by atoms with van der Waals surface area (Å²) in [5.41, 5.74) is 1.30. The van der Waals surface area contributed by atoms with E-state index >= 15 is 0 Å². The molecule has 0 radical (unpaired) electrons. The summed E-state index contributed by atoms with van der Waals surface area (Å²) >= 11 is 7.43. The van der Waals surface area contributed by atoms with Crippen molar-refractivity contribution in [1.29, 1.82) is 0 Å². The average Bonchev–Trinajstić information content (AvgIpc) is 2.79. The van der Waals surface area contributed by atoms with E-state index in [-0.39, 0.29) is 11.6 Å². The highest BCUT2D eigenvalue weighted by atomic mass is 35.5. The summed E-state index contributed by atoms with van der Waals surface area (Å²) < 4.78 is 5.11. The van der Waals surface area contributed by atoms with Gasteiger partial charge in [-0.15, -0.1) is 11.8 Å². The van der Waals surface area contributed by atoms with Crippen LogP contribution < -0.4 is 15.4 Å². The first kappa shape index (κ1) is 24.1. The number of carbonyl (C=O) groups excluding carboxylic acids is 2. The van der Waals surface area contributed by atoms with Gasteiger partial charge in [0.2, 0.25) is 5.91 Å². The summed E-state index contributed by atoms with van der Waals surface area (Å²) in [6.45, 7) is 1.77. The van der Waals surface area contributed by atoms with Crippen molar-refractivity contribution < 1.29 is 19.2 Å². The second-order valence-electron chi connectivity index (χ2n) is 6.88. The van der Waals surface area contributed by atoms with Crippen LogP contribution in [0.25, 0.3) is 0 Å². The minimum atomic E-state index is -0.525. The molecule has 0 spiro atoms. The Labute approximate surface area is 199 Å². The number of nitrogens with zero attached hydrogens (tertiary/aromatic N) is 1. The fourth-order valence-corrected chi connectivity index (χ4v) is 4.01. The number of hydrogen-bond acceptors (Lipinski definition) is 6. The number of nitrogens with one attached hydrogen (secondary N) is 2. The fourth-order valence-electron chi connectivity index (χ4n) is 2.83. The highest BCUT2D eigenvalue weighted by molar-refractivity contribution is 8.00. The lowest BCUT2D eigenvalue weighted by Crippen LogP contribution is -2.22. The summed E-state index contributed by atoms with van der Waals surface area (Å²) in [6, 6.07) is 17.4. The zero-order chi connectivity index (χ0) is 24.0. The Hall–Kier alpha value is -3.56. The molecule has 0 saturated carbocycles. The number of non-ortho nitro benzene ring substituents is 1. The molecule has 2 N–H and O–H groups in total. The van der Waals surface area contributed by atoms with Gasteiger partial charge in [0.05, 0.1) is 22.3 Å². The van der Waals surface area contributed by atoms with Gasteiger partial charge in [-0.3, -0.25) is 19.7 Å². The van der Waals surface area contributed by atoms with E-state index in [4.69, 9.17) is 16.3 Å². The van der Waals surface area contributed by atoms with Gasteiger partial charge in [-0.05, 0) is 55.5 Å². The summed E-state index contributed by atoms with van der Waals surface area (Å²) in [5.74, 6) is -0.0829. The molecule has 8 nitrogen and oxygen atoms in total. The van der Waals surface area contributed by atoms with E-state index in [1.807, 2.05) is 6.07 Å². The molecular weight excluding hydrogens is 466 g/mol. The van der Waals surface area contributed by atoms with Gasteiger partial charge in [-0.25, -0.2) is 0 Å². The molecule has 33 heavy (non-hydrogen) atoms.